The van der Waals surface area contributed by atoms with Gasteiger partial charge in [-0.05, 0) is 24.3 Å². The third-order valence-electron chi connectivity index (χ3n) is 2.63. The molecule has 0 bridgehead atoms. The minimum atomic E-state index is -4.33. The van der Waals surface area contributed by atoms with Gasteiger partial charge in [0.2, 0.25) is 0 Å². The molecule has 0 aliphatic carbocycles. The molecule has 19 heavy (non-hydrogen) atoms. The van der Waals surface area contributed by atoms with Crippen LogP contribution in [0.2, 0.25) is 0 Å². The number of nitrogens with two attached hydrogens (primary N) is 1. The van der Waals surface area contributed by atoms with Crippen molar-refractivity contribution in [3.8, 4) is 5.75 Å². The van der Waals surface area contributed by atoms with E-state index in [2.05, 4.69) is 4.99 Å². The zero-order chi connectivity index (χ0) is 13.9. The summed E-state index contributed by atoms with van der Waals surface area (Å²) in [5.41, 5.74) is 4.65. The SMILES string of the molecule is NC1=N[C@@H](CCOc2ccc(C(F)(F)F)cc2)CO1. The molecule has 0 aromatic heterocycles. The number of nitrogens with zero attached hydrogens (tertiary/aromatic N) is 1. The molecule has 1 aromatic carbocycles. The highest BCUT2D eigenvalue weighted by atomic mass is 19.4. The van der Waals surface area contributed by atoms with Crippen molar-refractivity contribution in [2.45, 2.75) is 18.6 Å². The second kappa shape index (κ2) is 5.38. The first kappa shape index (κ1) is 13.5. The monoisotopic (exact) mass is 274 g/mol. The summed E-state index contributed by atoms with van der Waals surface area (Å²) in [6.07, 6.45) is -3.73. The van der Waals surface area contributed by atoms with Crippen molar-refractivity contribution in [1.29, 1.82) is 0 Å². The largest absolute Gasteiger partial charge is 0.494 e. The van der Waals surface area contributed by atoms with Crippen molar-refractivity contribution in [2.24, 2.45) is 10.7 Å². The van der Waals surface area contributed by atoms with E-state index in [-0.39, 0.29) is 12.1 Å². The molecule has 0 unspecified atom stereocenters. The molecule has 104 valence electrons. The van der Waals surface area contributed by atoms with Crippen molar-refractivity contribution in [1.82, 2.24) is 0 Å². The molecule has 4 nitrogen and oxygen atoms in total. The van der Waals surface area contributed by atoms with Crippen LogP contribution < -0.4 is 10.5 Å². The van der Waals surface area contributed by atoms with Crippen molar-refractivity contribution < 1.29 is 22.6 Å². The standard InChI is InChI=1S/C12H13F3N2O2/c13-12(14,15)8-1-3-10(4-2-8)18-6-5-9-7-19-11(16)17-9/h1-4,9H,5-7H2,(H2,16,17)/t9-/m0/s1. The zero-order valence-corrected chi connectivity index (χ0v) is 9.98. The summed E-state index contributed by atoms with van der Waals surface area (Å²) >= 11 is 0. The van der Waals surface area contributed by atoms with Crippen LogP contribution in [0.3, 0.4) is 0 Å². The lowest BCUT2D eigenvalue weighted by molar-refractivity contribution is -0.137. The Kier molecular flexibility index (Phi) is 3.82. The highest BCUT2D eigenvalue weighted by Crippen LogP contribution is 2.30. The maximum atomic E-state index is 12.3. The van der Waals surface area contributed by atoms with Gasteiger partial charge in [-0.3, -0.25) is 0 Å². The number of rotatable bonds is 4. The van der Waals surface area contributed by atoms with Gasteiger partial charge >= 0.3 is 6.18 Å². The fourth-order valence-corrected chi connectivity index (χ4v) is 1.64. The van der Waals surface area contributed by atoms with E-state index >= 15 is 0 Å². The molecule has 0 amide bonds. The third-order valence-corrected chi connectivity index (χ3v) is 2.63. The maximum Gasteiger partial charge on any atom is 0.416 e. The van der Waals surface area contributed by atoms with Gasteiger partial charge in [0.1, 0.15) is 12.4 Å². The first-order valence-electron chi connectivity index (χ1n) is 5.71. The molecular weight excluding hydrogens is 261 g/mol. The van der Waals surface area contributed by atoms with Crippen LogP contribution in [0.4, 0.5) is 13.2 Å². The zero-order valence-electron chi connectivity index (χ0n) is 9.98. The van der Waals surface area contributed by atoms with Crippen LogP contribution in [0.25, 0.3) is 0 Å². The van der Waals surface area contributed by atoms with E-state index in [0.29, 0.717) is 25.4 Å². The van der Waals surface area contributed by atoms with Crippen LogP contribution in [0.1, 0.15) is 12.0 Å². The second-order valence-corrected chi connectivity index (χ2v) is 4.09. The average Bonchev–Trinajstić information content (AvgIpc) is 2.75. The summed E-state index contributed by atoms with van der Waals surface area (Å²) in [7, 11) is 0. The Morgan fingerprint density at radius 3 is 2.53 bits per heavy atom. The second-order valence-electron chi connectivity index (χ2n) is 4.09. The summed E-state index contributed by atoms with van der Waals surface area (Å²) in [5, 5.41) is 0. The molecule has 1 aliphatic heterocycles. The number of ether oxygens (including phenoxy) is 2. The van der Waals surface area contributed by atoms with E-state index in [0.717, 1.165) is 12.1 Å². The lowest BCUT2D eigenvalue weighted by atomic mass is 10.2. The Morgan fingerprint density at radius 1 is 1.32 bits per heavy atom. The van der Waals surface area contributed by atoms with Gasteiger partial charge in [-0.2, -0.15) is 13.2 Å². The van der Waals surface area contributed by atoms with Crippen LogP contribution >= 0.6 is 0 Å². The van der Waals surface area contributed by atoms with Gasteiger partial charge in [0.25, 0.3) is 6.02 Å². The number of alkyl halides is 3. The normalized spacial score (nSPS) is 18.9. The Labute approximate surface area is 108 Å². The Hall–Kier alpha value is -1.92. The summed E-state index contributed by atoms with van der Waals surface area (Å²) in [6, 6.07) is 4.69. The van der Waals surface area contributed by atoms with Crippen molar-refractivity contribution in [3.05, 3.63) is 29.8 Å². The van der Waals surface area contributed by atoms with Gasteiger partial charge < -0.3 is 15.2 Å². The van der Waals surface area contributed by atoms with E-state index in [9.17, 15) is 13.2 Å². The molecule has 1 aromatic rings. The summed E-state index contributed by atoms with van der Waals surface area (Å²) < 4.78 is 47.3. The molecule has 1 heterocycles. The average molecular weight is 274 g/mol. The van der Waals surface area contributed by atoms with Gasteiger partial charge in [-0.1, -0.05) is 0 Å². The minimum absolute atomic E-state index is 0.0468. The third kappa shape index (κ3) is 3.77. The molecule has 7 heteroatoms. The molecule has 2 N–H and O–H groups in total. The first-order valence-corrected chi connectivity index (χ1v) is 5.71. The fourth-order valence-electron chi connectivity index (χ4n) is 1.64. The number of halogens is 3. The number of aliphatic imine (C=N–C) groups is 1. The predicted octanol–water partition coefficient (Wildman–Crippen LogP) is 2.19. The quantitative estimate of drug-likeness (QED) is 0.915. The highest BCUT2D eigenvalue weighted by molar-refractivity contribution is 5.72. The maximum absolute atomic E-state index is 12.3. The van der Waals surface area contributed by atoms with Gasteiger partial charge in [0.05, 0.1) is 18.2 Å². The summed E-state index contributed by atoms with van der Waals surface area (Å²) in [6.45, 7) is 0.762. The molecule has 0 spiro atoms. The van der Waals surface area contributed by atoms with Crippen LogP contribution in [-0.4, -0.2) is 25.3 Å². The van der Waals surface area contributed by atoms with Crippen molar-refractivity contribution >= 4 is 6.02 Å². The molecule has 0 saturated carbocycles. The Bertz CT molecular complexity index is 457. The van der Waals surface area contributed by atoms with E-state index in [4.69, 9.17) is 15.2 Å². The molecular formula is C12H13F3N2O2. The first-order chi connectivity index (χ1) is 8.95. The molecule has 0 fully saturated rings. The molecule has 1 aliphatic rings. The van der Waals surface area contributed by atoms with E-state index in [1.807, 2.05) is 0 Å². The number of amidine groups is 1. The number of hydrogen-bond acceptors (Lipinski definition) is 4. The van der Waals surface area contributed by atoms with Gasteiger partial charge in [-0.25, -0.2) is 4.99 Å². The van der Waals surface area contributed by atoms with Crippen LogP contribution in [-0.2, 0) is 10.9 Å². The fraction of sp³-hybridized carbons (Fsp3) is 0.417. The molecule has 0 radical (unpaired) electrons. The lowest BCUT2D eigenvalue weighted by Gasteiger charge is -2.10. The van der Waals surface area contributed by atoms with Crippen molar-refractivity contribution in [2.75, 3.05) is 13.2 Å². The van der Waals surface area contributed by atoms with Crippen LogP contribution in [0.5, 0.6) is 5.75 Å². The van der Waals surface area contributed by atoms with Gasteiger partial charge in [-0.15, -0.1) is 0 Å². The lowest BCUT2D eigenvalue weighted by Crippen LogP contribution is -2.12. The number of hydrogen-bond donors (Lipinski definition) is 1. The van der Waals surface area contributed by atoms with Crippen LogP contribution in [0, 0.1) is 0 Å². The highest BCUT2D eigenvalue weighted by Gasteiger charge is 2.30. The molecule has 2 rings (SSSR count). The van der Waals surface area contributed by atoms with Crippen LogP contribution in [0.15, 0.2) is 29.3 Å². The Morgan fingerprint density at radius 2 is 2.00 bits per heavy atom. The van der Waals surface area contributed by atoms with Gasteiger partial charge in [0, 0.05) is 6.42 Å². The Balaban J connectivity index is 1.80. The summed E-state index contributed by atoms with van der Waals surface area (Å²) in [5.74, 6) is 0.392. The summed E-state index contributed by atoms with van der Waals surface area (Å²) in [4.78, 5) is 4.01. The topological polar surface area (TPSA) is 56.8 Å². The molecule has 0 saturated heterocycles. The van der Waals surface area contributed by atoms with Crippen molar-refractivity contribution in [3.63, 3.8) is 0 Å². The van der Waals surface area contributed by atoms with E-state index < -0.39 is 11.7 Å². The molecule has 1 atom stereocenters. The van der Waals surface area contributed by atoms with E-state index in [1.165, 1.54) is 12.1 Å². The van der Waals surface area contributed by atoms with Gasteiger partial charge in [0.15, 0.2) is 0 Å². The van der Waals surface area contributed by atoms with E-state index in [1.54, 1.807) is 0 Å². The predicted molar refractivity (Wildman–Crippen MR) is 62.9 cm³/mol. The smallest absolute Gasteiger partial charge is 0.416 e. The number of benzene rings is 1. The minimum Gasteiger partial charge on any atom is -0.494 e.